The predicted octanol–water partition coefficient (Wildman–Crippen LogP) is 4.18. The van der Waals surface area contributed by atoms with Crippen LogP contribution in [0.4, 0.5) is 0 Å². The van der Waals surface area contributed by atoms with Gasteiger partial charge in [0.1, 0.15) is 0 Å². The molecule has 0 N–H and O–H groups in total. The van der Waals surface area contributed by atoms with Gasteiger partial charge in [-0.15, -0.1) is 0 Å². The van der Waals surface area contributed by atoms with Gasteiger partial charge in [0, 0.05) is 5.60 Å². The first-order chi connectivity index (χ1) is 6.66. The minimum atomic E-state index is -1.86. The fourth-order valence-electron chi connectivity index (χ4n) is 1.78. The van der Waals surface area contributed by atoms with Crippen molar-refractivity contribution >= 4 is 16.6 Å². The zero-order valence-corrected chi connectivity index (χ0v) is 14.8. The smallest absolute Gasteiger partial charge is 0.216 e. The van der Waals surface area contributed by atoms with Crippen molar-refractivity contribution in [1.29, 1.82) is 0 Å². The van der Waals surface area contributed by atoms with Crippen LogP contribution in [0.1, 0.15) is 34.6 Å². The number of hydrogen-bond donors (Lipinski definition) is 0. The summed E-state index contributed by atoms with van der Waals surface area (Å²) in [6, 6.07) is 0. The highest BCUT2D eigenvalue weighted by Gasteiger charge is 2.46. The lowest BCUT2D eigenvalue weighted by Gasteiger charge is -2.46. The fourth-order valence-corrected chi connectivity index (χ4v) is 6.99. The molecular formula is C12H30O2Si2. The Balaban J connectivity index is 4.85. The summed E-state index contributed by atoms with van der Waals surface area (Å²) in [6.45, 7) is 21.9. The lowest BCUT2D eigenvalue weighted by molar-refractivity contribution is 0.0718. The molecule has 0 heterocycles. The average molecular weight is 263 g/mol. The monoisotopic (exact) mass is 262 g/mol. The average Bonchev–Trinajstić information content (AvgIpc) is 1.72. The van der Waals surface area contributed by atoms with Crippen molar-refractivity contribution in [3.63, 3.8) is 0 Å². The molecule has 0 aromatic rings. The van der Waals surface area contributed by atoms with Gasteiger partial charge < -0.3 is 8.85 Å². The van der Waals surface area contributed by atoms with Crippen molar-refractivity contribution < 1.29 is 8.85 Å². The second-order valence-electron chi connectivity index (χ2n) is 7.45. The molecule has 0 aromatic carbocycles. The van der Waals surface area contributed by atoms with Crippen molar-refractivity contribution in [2.24, 2.45) is 0 Å². The van der Waals surface area contributed by atoms with E-state index in [1.54, 1.807) is 0 Å². The molecule has 0 aliphatic heterocycles. The summed E-state index contributed by atoms with van der Waals surface area (Å²) < 4.78 is 12.6. The van der Waals surface area contributed by atoms with Crippen LogP contribution in [-0.2, 0) is 8.85 Å². The molecule has 0 fully saturated rings. The molecule has 0 amide bonds. The summed E-state index contributed by atoms with van der Waals surface area (Å²) in [5, 5.41) is -0.134. The minimum Gasteiger partial charge on any atom is -0.413 e. The molecule has 2 nitrogen and oxygen atoms in total. The van der Waals surface area contributed by atoms with E-state index in [9.17, 15) is 0 Å². The molecule has 0 radical (unpaired) electrons. The molecule has 0 rings (SSSR count). The Hall–Kier alpha value is 0.354. The quantitative estimate of drug-likeness (QED) is 0.708. The molecular weight excluding hydrogens is 232 g/mol. The Kier molecular flexibility index (Phi) is 4.66. The van der Waals surface area contributed by atoms with Crippen LogP contribution in [0.25, 0.3) is 0 Å². The Bertz CT molecular complexity index is 208. The molecule has 4 heteroatoms. The van der Waals surface area contributed by atoms with Crippen LogP contribution in [-0.4, -0.2) is 27.5 Å². The summed E-state index contributed by atoms with van der Waals surface area (Å²) >= 11 is 0. The summed E-state index contributed by atoms with van der Waals surface area (Å²) in [7, 11) is -3.39. The molecule has 0 atom stereocenters. The SMILES string of the molecule is CC(C)(C)O[Si](C)(C)C(C)(C)O[Si](C)(C)C. The van der Waals surface area contributed by atoms with Gasteiger partial charge >= 0.3 is 0 Å². The molecule has 0 bridgehead atoms. The van der Waals surface area contributed by atoms with Crippen LogP contribution in [0, 0.1) is 0 Å². The maximum atomic E-state index is 6.31. The van der Waals surface area contributed by atoms with E-state index in [0.29, 0.717) is 0 Å². The zero-order valence-electron chi connectivity index (χ0n) is 12.8. The van der Waals surface area contributed by atoms with E-state index in [4.69, 9.17) is 8.85 Å². The van der Waals surface area contributed by atoms with Gasteiger partial charge in [-0.25, -0.2) is 0 Å². The Labute approximate surface area is 104 Å². The first kappa shape index (κ1) is 16.4. The third-order valence-corrected chi connectivity index (χ3v) is 8.02. The first-order valence-electron chi connectivity index (χ1n) is 6.07. The van der Waals surface area contributed by atoms with Gasteiger partial charge in [0.05, 0.1) is 5.22 Å². The van der Waals surface area contributed by atoms with E-state index in [1.807, 2.05) is 0 Å². The highest BCUT2D eigenvalue weighted by molar-refractivity contribution is 6.76. The maximum Gasteiger partial charge on any atom is 0.216 e. The Morgan fingerprint density at radius 1 is 0.688 bits per heavy atom. The Morgan fingerprint density at radius 2 is 1.06 bits per heavy atom. The van der Waals surface area contributed by atoms with Crippen LogP contribution in [0.15, 0.2) is 0 Å². The normalized spacial score (nSPS) is 15.4. The molecule has 0 aliphatic rings. The highest BCUT2D eigenvalue weighted by Crippen LogP contribution is 2.31. The number of hydrogen-bond acceptors (Lipinski definition) is 2. The van der Waals surface area contributed by atoms with E-state index in [2.05, 4.69) is 67.4 Å². The predicted molar refractivity (Wildman–Crippen MR) is 76.8 cm³/mol. The summed E-state index contributed by atoms with van der Waals surface area (Å²) in [4.78, 5) is 0. The van der Waals surface area contributed by atoms with Gasteiger partial charge in [0.25, 0.3) is 0 Å². The molecule has 0 saturated heterocycles. The molecule has 0 aliphatic carbocycles. The topological polar surface area (TPSA) is 18.5 Å². The molecule has 0 saturated carbocycles. The van der Waals surface area contributed by atoms with E-state index in [1.165, 1.54) is 0 Å². The van der Waals surface area contributed by atoms with Crippen molar-refractivity contribution in [2.75, 3.05) is 0 Å². The number of rotatable bonds is 4. The largest absolute Gasteiger partial charge is 0.413 e. The molecule has 98 valence electrons. The Morgan fingerprint density at radius 3 is 1.31 bits per heavy atom. The standard InChI is InChI=1S/C12H30O2Si2/c1-11(2,3)13-16(9,10)12(4,5)14-15(6,7)8/h1-10H3. The summed E-state index contributed by atoms with van der Waals surface area (Å²) in [6.07, 6.45) is 0. The molecule has 16 heavy (non-hydrogen) atoms. The van der Waals surface area contributed by atoms with Crippen LogP contribution >= 0.6 is 0 Å². The van der Waals surface area contributed by atoms with Crippen LogP contribution in [0.5, 0.6) is 0 Å². The van der Waals surface area contributed by atoms with Gasteiger partial charge in [0.15, 0.2) is 8.32 Å². The second-order valence-corrected chi connectivity index (χ2v) is 16.3. The van der Waals surface area contributed by atoms with E-state index in [-0.39, 0.29) is 10.8 Å². The summed E-state index contributed by atoms with van der Waals surface area (Å²) in [5.74, 6) is 0. The van der Waals surface area contributed by atoms with Gasteiger partial charge in [-0.3, -0.25) is 0 Å². The third-order valence-electron chi connectivity index (χ3n) is 2.57. The second kappa shape index (κ2) is 4.55. The first-order valence-corrected chi connectivity index (χ1v) is 12.4. The van der Waals surface area contributed by atoms with Gasteiger partial charge in [0.2, 0.25) is 8.32 Å². The fraction of sp³-hybridized carbons (Fsp3) is 1.00. The summed E-state index contributed by atoms with van der Waals surface area (Å²) in [5.41, 5.74) is -0.0875. The van der Waals surface area contributed by atoms with Crippen molar-refractivity contribution in [1.82, 2.24) is 0 Å². The lowest BCUT2D eigenvalue weighted by Crippen LogP contribution is -2.60. The zero-order chi connectivity index (χ0) is 13.4. The molecule has 0 aromatic heterocycles. The van der Waals surface area contributed by atoms with Crippen LogP contribution < -0.4 is 0 Å². The van der Waals surface area contributed by atoms with Crippen molar-refractivity contribution in [2.45, 2.75) is 78.2 Å². The highest BCUT2D eigenvalue weighted by atomic mass is 28.4. The van der Waals surface area contributed by atoms with Crippen molar-refractivity contribution in [3.05, 3.63) is 0 Å². The van der Waals surface area contributed by atoms with E-state index in [0.717, 1.165) is 0 Å². The molecule has 0 unspecified atom stereocenters. The van der Waals surface area contributed by atoms with Crippen LogP contribution in [0.2, 0.25) is 32.7 Å². The van der Waals surface area contributed by atoms with Crippen LogP contribution in [0.3, 0.4) is 0 Å². The van der Waals surface area contributed by atoms with Gasteiger partial charge in [-0.05, 0) is 67.4 Å². The molecule has 0 spiro atoms. The van der Waals surface area contributed by atoms with E-state index < -0.39 is 16.6 Å². The third kappa shape index (κ3) is 5.61. The van der Waals surface area contributed by atoms with Crippen molar-refractivity contribution in [3.8, 4) is 0 Å². The maximum absolute atomic E-state index is 6.31. The van der Waals surface area contributed by atoms with Gasteiger partial charge in [-0.1, -0.05) is 0 Å². The minimum absolute atomic E-state index is 0.0875. The van der Waals surface area contributed by atoms with Gasteiger partial charge in [-0.2, -0.15) is 0 Å². The van der Waals surface area contributed by atoms with E-state index >= 15 is 0 Å². The lowest BCUT2D eigenvalue weighted by atomic mass is 10.2.